The van der Waals surface area contributed by atoms with Crippen LogP contribution in [0.25, 0.3) is 0 Å². The zero-order chi connectivity index (χ0) is 19.0. The summed E-state index contributed by atoms with van der Waals surface area (Å²) >= 11 is 6.15. The predicted octanol–water partition coefficient (Wildman–Crippen LogP) is 5.34. The average molecular weight is 380 g/mol. The van der Waals surface area contributed by atoms with Crippen molar-refractivity contribution in [2.45, 2.75) is 33.1 Å². The highest BCUT2D eigenvalue weighted by atomic mass is 35.5. The number of carbonyl (C=O) groups is 2. The monoisotopic (exact) mass is 379 g/mol. The first-order valence-electron chi connectivity index (χ1n) is 9.54. The molecule has 0 aliphatic heterocycles. The number of halogens is 1. The maximum absolute atomic E-state index is 13.3. The van der Waals surface area contributed by atoms with Crippen molar-refractivity contribution < 1.29 is 9.59 Å². The molecule has 4 heteroatoms. The molecule has 7 rings (SSSR count). The van der Waals surface area contributed by atoms with Gasteiger partial charge in [0.15, 0.2) is 5.78 Å². The minimum atomic E-state index is -0.256. The molecule has 138 valence electrons. The van der Waals surface area contributed by atoms with Gasteiger partial charge < -0.3 is 5.32 Å². The van der Waals surface area contributed by atoms with Gasteiger partial charge in [-0.1, -0.05) is 55.8 Å². The van der Waals surface area contributed by atoms with Crippen molar-refractivity contribution in [3.63, 3.8) is 0 Å². The highest BCUT2D eigenvalue weighted by Crippen LogP contribution is 2.93. The molecule has 4 atom stereocenters. The van der Waals surface area contributed by atoms with E-state index in [0.717, 1.165) is 19.3 Å². The highest BCUT2D eigenvalue weighted by Gasteiger charge is 2.91. The fourth-order valence-corrected chi connectivity index (χ4v) is 6.68. The number of hydrogen-bond donors (Lipinski definition) is 1. The van der Waals surface area contributed by atoms with Crippen molar-refractivity contribution in [3.8, 4) is 0 Å². The van der Waals surface area contributed by atoms with Crippen LogP contribution in [0.2, 0.25) is 5.02 Å². The minimum Gasteiger partial charge on any atom is -0.325 e. The van der Waals surface area contributed by atoms with Crippen molar-refractivity contribution in [2.75, 3.05) is 5.32 Å². The summed E-state index contributed by atoms with van der Waals surface area (Å²) in [7, 11) is 0. The molecule has 0 spiro atoms. The molecular formula is C23H22ClNO2. The van der Waals surface area contributed by atoms with E-state index >= 15 is 0 Å². The summed E-state index contributed by atoms with van der Waals surface area (Å²) in [6, 6.07) is 14.2. The third-order valence-corrected chi connectivity index (χ3v) is 8.34. The second-order valence-electron chi connectivity index (χ2n) is 8.83. The first kappa shape index (κ1) is 17.0. The van der Waals surface area contributed by atoms with Crippen LogP contribution in [0.15, 0.2) is 48.5 Å². The molecule has 0 saturated heterocycles. The van der Waals surface area contributed by atoms with Gasteiger partial charge >= 0.3 is 0 Å². The zero-order valence-electron chi connectivity index (χ0n) is 15.5. The molecule has 5 aliphatic carbocycles. The Morgan fingerprint density at radius 3 is 2.48 bits per heavy atom. The summed E-state index contributed by atoms with van der Waals surface area (Å²) < 4.78 is 0. The van der Waals surface area contributed by atoms with Gasteiger partial charge in [-0.15, -0.1) is 0 Å². The Hall–Kier alpha value is -2.13. The van der Waals surface area contributed by atoms with E-state index in [1.807, 2.05) is 18.2 Å². The lowest BCUT2D eigenvalue weighted by molar-refractivity contribution is -0.326. The fraction of sp³-hybridized carbons (Fsp3) is 0.391. The average Bonchev–Trinajstić information content (AvgIpc) is 3.06. The number of fused-ring (bicyclic) bond motifs is 1. The maximum atomic E-state index is 13.3. The van der Waals surface area contributed by atoms with Gasteiger partial charge in [0.25, 0.3) is 0 Å². The third-order valence-electron chi connectivity index (χ3n) is 8.10. The van der Waals surface area contributed by atoms with Crippen LogP contribution < -0.4 is 5.32 Å². The smallest absolute Gasteiger partial charge is 0.231 e. The lowest BCUT2D eigenvalue weighted by Gasteiger charge is -2.81. The number of nitrogens with one attached hydrogen (secondary N) is 1. The minimum absolute atomic E-state index is 0.0701. The molecule has 0 aromatic heterocycles. The zero-order valence-corrected chi connectivity index (χ0v) is 16.3. The van der Waals surface area contributed by atoms with E-state index in [1.54, 1.807) is 30.3 Å². The molecule has 4 bridgehead atoms. The molecule has 0 radical (unpaired) electrons. The van der Waals surface area contributed by atoms with Gasteiger partial charge in [0, 0.05) is 16.1 Å². The Labute approximate surface area is 164 Å². The Bertz CT molecular complexity index is 987. The number of benzene rings is 2. The molecule has 27 heavy (non-hydrogen) atoms. The van der Waals surface area contributed by atoms with Gasteiger partial charge in [-0.05, 0) is 54.2 Å². The van der Waals surface area contributed by atoms with E-state index in [1.165, 1.54) is 0 Å². The lowest BCUT2D eigenvalue weighted by Crippen LogP contribution is -2.81. The Balaban J connectivity index is 1.47. The van der Waals surface area contributed by atoms with Crippen LogP contribution in [0.3, 0.4) is 0 Å². The van der Waals surface area contributed by atoms with Gasteiger partial charge in [0.2, 0.25) is 5.91 Å². The topological polar surface area (TPSA) is 46.2 Å². The number of carbonyl (C=O) groups excluding carboxylic acids is 2. The van der Waals surface area contributed by atoms with Crippen molar-refractivity contribution in [3.05, 3.63) is 64.7 Å². The van der Waals surface area contributed by atoms with Crippen LogP contribution in [-0.2, 0) is 4.79 Å². The molecule has 5 saturated carbocycles. The van der Waals surface area contributed by atoms with Crippen LogP contribution in [-0.4, -0.2) is 11.7 Å². The first-order valence-corrected chi connectivity index (χ1v) is 9.92. The normalized spacial score (nSPS) is 35.1. The highest BCUT2D eigenvalue weighted by molar-refractivity contribution is 6.31. The summed E-state index contributed by atoms with van der Waals surface area (Å²) in [4.78, 5) is 26.3. The molecule has 5 aliphatic rings. The van der Waals surface area contributed by atoms with Crippen LogP contribution in [0.4, 0.5) is 5.69 Å². The van der Waals surface area contributed by atoms with Crippen LogP contribution in [0, 0.1) is 22.2 Å². The van der Waals surface area contributed by atoms with Gasteiger partial charge in [0.1, 0.15) is 0 Å². The molecule has 2 aromatic rings. The lowest BCUT2D eigenvalue weighted by atomic mass is 9.21. The summed E-state index contributed by atoms with van der Waals surface area (Å²) in [5.74, 6) is 0.420. The van der Waals surface area contributed by atoms with E-state index in [9.17, 15) is 9.59 Å². The van der Waals surface area contributed by atoms with Crippen molar-refractivity contribution in [1.29, 1.82) is 0 Å². The number of anilines is 1. The van der Waals surface area contributed by atoms with Crippen molar-refractivity contribution in [1.82, 2.24) is 0 Å². The Morgan fingerprint density at radius 1 is 1.11 bits per heavy atom. The fourth-order valence-electron chi connectivity index (χ4n) is 6.51. The largest absolute Gasteiger partial charge is 0.325 e. The quantitative estimate of drug-likeness (QED) is 0.729. The second kappa shape index (κ2) is 5.23. The predicted molar refractivity (Wildman–Crippen MR) is 106 cm³/mol. The summed E-state index contributed by atoms with van der Waals surface area (Å²) in [5, 5.41) is 3.58. The van der Waals surface area contributed by atoms with Crippen LogP contribution in [0.1, 0.15) is 49.0 Å². The van der Waals surface area contributed by atoms with Gasteiger partial charge in [-0.3, -0.25) is 9.59 Å². The number of amides is 1. The standard InChI is InChI=1S/C23H22ClNO2/c1-21-13-23(18(21)10-11-22(21,23)2)20(27)25-17-9-8-15(24)12-16(17)19(26)14-6-4-3-5-7-14/h3-9,12,18H,10-11,13H2,1-2H3,(H,25,27)/t18-,21+,22-,23-/m0/s1. The molecule has 1 N–H and O–H groups in total. The Morgan fingerprint density at radius 2 is 1.85 bits per heavy atom. The molecule has 3 nitrogen and oxygen atoms in total. The molecular weight excluding hydrogens is 358 g/mol. The van der Waals surface area contributed by atoms with Gasteiger partial charge in [-0.25, -0.2) is 0 Å². The SMILES string of the molecule is C[C@]12CC[C@H]3[C@@]1(C)C[C@@]32C(=O)Nc1ccc(Cl)cc1C(=O)c1ccccc1. The van der Waals surface area contributed by atoms with Gasteiger partial charge in [0.05, 0.1) is 11.1 Å². The molecule has 1 amide bonds. The third kappa shape index (κ3) is 1.84. The first-order chi connectivity index (χ1) is 12.8. The maximum Gasteiger partial charge on any atom is 0.231 e. The van der Waals surface area contributed by atoms with E-state index in [4.69, 9.17) is 11.6 Å². The van der Waals surface area contributed by atoms with E-state index in [2.05, 4.69) is 19.2 Å². The number of ketones is 1. The van der Waals surface area contributed by atoms with Gasteiger partial charge in [-0.2, -0.15) is 0 Å². The van der Waals surface area contributed by atoms with E-state index in [0.29, 0.717) is 33.2 Å². The molecule has 0 heterocycles. The Kier molecular flexibility index (Phi) is 3.29. The van der Waals surface area contributed by atoms with E-state index in [-0.39, 0.29) is 22.5 Å². The summed E-state index contributed by atoms with van der Waals surface area (Å²) in [6.45, 7) is 4.59. The number of hydrogen-bond acceptors (Lipinski definition) is 2. The molecule has 5 fully saturated rings. The molecule has 2 aromatic carbocycles. The number of rotatable bonds is 4. The van der Waals surface area contributed by atoms with Crippen molar-refractivity contribution >= 4 is 29.0 Å². The summed E-state index contributed by atoms with van der Waals surface area (Å²) in [5.41, 5.74) is 1.75. The van der Waals surface area contributed by atoms with E-state index < -0.39 is 0 Å². The van der Waals surface area contributed by atoms with Crippen LogP contribution >= 0.6 is 11.6 Å². The second-order valence-corrected chi connectivity index (χ2v) is 9.26. The summed E-state index contributed by atoms with van der Waals surface area (Å²) in [6.07, 6.45) is 3.22. The van der Waals surface area contributed by atoms with Crippen molar-refractivity contribution in [2.24, 2.45) is 22.2 Å². The molecule has 0 unspecified atom stereocenters. The van der Waals surface area contributed by atoms with Crippen LogP contribution in [0.5, 0.6) is 0 Å².